The lowest BCUT2D eigenvalue weighted by Crippen LogP contribution is -2.46. The summed E-state index contributed by atoms with van der Waals surface area (Å²) in [6.07, 6.45) is 6.06. The van der Waals surface area contributed by atoms with E-state index < -0.39 is 11.9 Å². The molecule has 1 atom stereocenters. The number of nitrogens with one attached hydrogen (secondary N) is 1. The van der Waals surface area contributed by atoms with Crippen molar-refractivity contribution in [2.75, 3.05) is 6.54 Å². The number of benzene rings is 2. The molecule has 0 unspecified atom stereocenters. The number of carbonyl (C=O) groups excluding carboxylic acids is 3. The molecule has 2 aromatic carbocycles. The molecule has 0 saturated carbocycles. The highest BCUT2D eigenvalue weighted by molar-refractivity contribution is 6.30. The molecule has 3 heterocycles. The highest BCUT2D eigenvalue weighted by Gasteiger charge is 2.34. The Balaban J connectivity index is 1.33. The van der Waals surface area contributed by atoms with Gasteiger partial charge in [-0.15, -0.1) is 0 Å². The van der Waals surface area contributed by atoms with Gasteiger partial charge in [-0.2, -0.15) is 0 Å². The van der Waals surface area contributed by atoms with Crippen molar-refractivity contribution in [3.8, 4) is 11.8 Å². The van der Waals surface area contributed by atoms with Gasteiger partial charge in [0.25, 0.3) is 0 Å². The summed E-state index contributed by atoms with van der Waals surface area (Å²) < 4.78 is 15.9. The summed E-state index contributed by atoms with van der Waals surface area (Å²) in [4.78, 5) is 48.5. The van der Waals surface area contributed by atoms with E-state index in [1.165, 1.54) is 13.0 Å². The quantitative estimate of drug-likeness (QED) is 0.284. The van der Waals surface area contributed by atoms with Gasteiger partial charge in [-0.25, -0.2) is 14.4 Å². The summed E-state index contributed by atoms with van der Waals surface area (Å²) in [5.41, 5.74) is 2.13. The van der Waals surface area contributed by atoms with E-state index in [1.54, 1.807) is 46.3 Å². The summed E-state index contributed by atoms with van der Waals surface area (Å²) in [6.45, 7) is 1.83. The maximum atomic E-state index is 14.2. The topological polar surface area (TPSA) is 97.2 Å². The Labute approximate surface area is 235 Å². The van der Waals surface area contributed by atoms with E-state index in [0.717, 1.165) is 0 Å². The monoisotopic (exact) mass is 557 g/mol. The number of hydrogen-bond donors (Lipinski definition) is 1. The fraction of sp³-hybridized carbons (Fsp3) is 0.233. The van der Waals surface area contributed by atoms with Crippen LogP contribution < -0.4 is 5.32 Å². The summed E-state index contributed by atoms with van der Waals surface area (Å²) in [5.74, 6) is 5.00. The molecule has 4 aromatic rings. The van der Waals surface area contributed by atoms with Crippen LogP contribution in [0.3, 0.4) is 0 Å². The van der Waals surface area contributed by atoms with Crippen LogP contribution in [-0.4, -0.2) is 49.6 Å². The van der Waals surface area contributed by atoms with Crippen molar-refractivity contribution in [2.24, 2.45) is 0 Å². The van der Waals surface area contributed by atoms with Crippen LogP contribution in [0.5, 0.6) is 0 Å². The molecule has 2 aromatic heterocycles. The summed E-state index contributed by atoms with van der Waals surface area (Å²) in [6, 6.07) is 11.1. The first-order valence-electron chi connectivity index (χ1n) is 12.7. The molecule has 1 N–H and O–H groups in total. The molecule has 1 saturated heterocycles. The van der Waals surface area contributed by atoms with Gasteiger partial charge >= 0.3 is 0 Å². The third kappa shape index (κ3) is 5.72. The lowest BCUT2D eigenvalue weighted by atomic mass is 10.1. The Kier molecular flexibility index (Phi) is 7.89. The maximum absolute atomic E-state index is 14.2. The van der Waals surface area contributed by atoms with E-state index >= 15 is 0 Å². The number of carbonyl (C=O) groups is 3. The van der Waals surface area contributed by atoms with E-state index in [1.807, 2.05) is 18.2 Å². The lowest BCUT2D eigenvalue weighted by molar-refractivity contribution is -0.138. The number of halogens is 2. The van der Waals surface area contributed by atoms with Crippen molar-refractivity contribution < 1.29 is 18.8 Å². The molecular weight excluding hydrogens is 533 g/mol. The third-order valence-corrected chi connectivity index (χ3v) is 7.10. The molecule has 1 aliphatic heterocycles. The first-order valence-corrected chi connectivity index (χ1v) is 13.1. The van der Waals surface area contributed by atoms with E-state index in [4.69, 9.17) is 11.6 Å². The number of amides is 2. The molecule has 8 nitrogen and oxygen atoms in total. The first-order chi connectivity index (χ1) is 19.3. The average Bonchev–Trinajstić information content (AvgIpc) is 3.59. The van der Waals surface area contributed by atoms with Gasteiger partial charge in [0.1, 0.15) is 18.4 Å². The van der Waals surface area contributed by atoms with Crippen LogP contribution in [0.1, 0.15) is 47.1 Å². The Morgan fingerprint density at radius 3 is 2.70 bits per heavy atom. The highest BCUT2D eigenvalue weighted by atomic mass is 35.5. The number of fused-ring (bicyclic) bond motifs is 1. The fourth-order valence-electron chi connectivity index (χ4n) is 4.84. The predicted molar refractivity (Wildman–Crippen MR) is 148 cm³/mol. The van der Waals surface area contributed by atoms with Gasteiger partial charge in [0.05, 0.1) is 5.02 Å². The average molecular weight is 558 g/mol. The van der Waals surface area contributed by atoms with Gasteiger partial charge in [0.15, 0.2) is 5.78 Å². The van der Waals surface area contributed by atoms with E-state index in [0.29, 0.717) is 47.2 Å². The van der Waals surface area contributed by atoms with Crippen LogP contribution >= 0.6 is 11.6 Å². The zero-order valence-electron chi connectivity index (χ0n) is 21.7. The molecule has 10 heteroatoms. The Bertz CT molecular complexity index is 1680. The van der Waals surface area contributed by atoms with Gasteiger partial charge in [-0.3, -0.25) is 14.4 Å². The molecule has 1 fully saturated rings. The van der Waals surface area contributed by atoms with Gasteiger partial charge in [-0.1, -0.05) is 29.7 Å². The Hall–Kier alpha value is -4.55. The fourth-order valence-corrected chi connectivity index (χ4v) is 5.03. The van der Waals surface area contributed by atoms with E-state index in [2.05, 4.69) is 27.1 Å². The molecule has 1 aliphatic rings. The van der Waals surface area contributed by atoms with Gasteiger partial charge in [-0.05, 0) is 56.0 Å². The number of aromatic nitrogens is 3. The molecule has 0 aliphatic carbocycles. The standard InChI is InChI=1S/C30H25ClFN5O3/c1-19(38)23-17-36(25-10-8-20(15-22(23)25)9-11-27-33-12-4-13-34-27)18-28(39)37-14-3-7-26(37)30(40)35-16-21-5-2-6-24(31)29(21)32/h2,4-6,8,10,12-13,15,17,26H,3,7,14,16,18H2,1H3,(H,35,40)/t26-/m0/s1. The largest absolute Gasteiger partial charge is 0.350 e. The van der Waals surface area contributed by atoms with Crippen LogP contribution in [0.15, 0.2) is 61.1 Å². The maximum Gasteiger partial charge on any atom is 0.243 e. The van der Waals surface area contributed by atoms with Gasteiger partial charge in [0, 0.05) is 59.3 Å². The third-order valence-electron chi connectivity index (χ3n) is 6.81. The lowest BCUT2D eigenvalue weighted by Gasteiger charge is -2.24. The summed E-state index contributed by atoms with van der Waals surface area (Å²) >= 11 is 5.83. The Morgan fingerprint density at radius 1 is 1.12 bits per heavy atom. The van der Waals surface area contributed by atoms with Crippen LogP contribution in [-0.2, 0) is 22.7 Å². The number of ketones is 1. The normalized spacial score (nSPS) is 14.6. The van der Waals surface area contributed by atoms with Gasteiger partial charge < -0.3 is 14.8 Å². The van der Waals surface area contributed by atoms with Gasteiger partial charge in [0.2, 0.25) is 17.6 Å². The van der Waals surface area contributed by atoms with Crippen LogP contribution in [0.4, 0.5) is 4.39 Å². The van der Waals surface area contributed by atoms with E-state index in [9.17, 15) is 18.8 Å². The van der Waals surface area contributed by atoms with Crippen molar-refractivity contribution in [1.29, 1.82) is 0 Å². The molecule has 0 radical (unpaired) electrons. The second-order valence-corrected chi connectivity index (χ2v) is 9.86. The second-order valence-electron chi connectivity index (χ2n) is 9.46. The van der Waals surface area contributed by atoms with Crippen LogP contribution in [0, 0.1) is 17.7 Å². The zero-order chi connectivity index (χ0) is 28.2. The van der Waals surface area contributed by atoms with Crippen molar-refractivity contribution >= 4 is 40.1 Å². The highest BCUT2D eigenvalue weighted by Crippen LogP contribution is 2.25. The SMILES string of the molecule is CC(=O)c1cn(CC(=O)N2CCC[C@H]2C(=O)NCc2cccc(Cl)c2F)c2ccc(C#Cc3ncccn3)cc12. The molecule has 2 amide bonds. The molecule has 0 bridgehead atoms. The number of likely N-dealkylation sites (tertiary alicyclic amines) is 1. The summed E-state index contributed by atoms with van der Waals surface area (Å²) in [5, 5.41) is 3.40. The van der Waals surface area contributed by atoms with Crippen LogP contribution in [0.2, 0.25) is 5.02 Å². The molecular formula is C30H25ClFN5O3. The van der Waals surface area contributed by atoms with Crippen molar-refractivity contribution in [1.82, 2.24) is 24.8 Å². The molecule has 5 rings (SSSR count). The predicted octanol–water partition coefficient (Wildman–Crippen LogP) is 4.13. The van der Waals surface area contributed by atoms with E-state index in [-0.39, 0.29) is 41.3 Å². The van der Waals surface area contributed by atoms with Crippen molar-refractivity contribution in [3.63, 3.8) is 0 Å². The molecule has 202 valence electrons. The second kappa shape index (κ2) is 11.7. The molecule has 40 heavy (non-hydrogen) atoms. The number of rotatable bonds is 6. The zero-order valence-corrected chi connectivity index (χ0v) is 22.4. The first kappa shape index (κ1) is 27.0. The smallest absolute Gasteiger partial charge is 0.243 e. The van der Waals surface area contributed by atoms with Crippen molar-refractivity contribution in [2.45, 2.75) is 38.9 Å². The number of Topliss-reactive ketones (excluding diaryl/α,β-unsaturated/α-hetero) is 1. The minimum Gasteiger partial charge on any atom is -0.350 e. The van der Waals surface area contributed by atoms with Crippen LogP contribution in [0.25, 0.3) is 10.9 Å². The minimum absolute atomic E-state index is 0.0160. The minimum atomic E-state index is -0.661. The molecule has 0 spiro atoms. The van der Waals surface area contributed by atoms with Crippen molar-refractivity contribution in [3.05, 3.63) is 94.4 Å². The Morgan fingerprint density at radius 2 is 1.93 bits per heavy atom. The summed E-state index contributed by atoms with van der Waals surface area (Å²) in [7, 11) is 0. The number of nitrogens with zero attached hydrogens (tertiary/aromatic N) is 4. The number of hydrogen-bond acceptors (Lipinski definition) is 5.